The van der Waals surface area contributed by atoms with Gasteiger partial charge in [0.2, 0.25) is 0 Å². The van der Waals surface area contributed by atoms with Crippen molar-refractivity contribution in [1.82, 2.24) is 5.48 Å². The number of hydrogen-bond donors (Lipinski definition) is 2. The highest BCUT2D eigenvalue weighted by molar-refractivity contribution is 14.1. The monoisotopic (exact) mass is 335 g/mol. The number of rotatable bonds is 4. The number of phenolic OH excluding ortho intramolecular Hbond substituents is 1. The third-order valence-electron chi connectivity index (χ3n) is 1.79. The minimum atomic E-state index is -0.354. The maximum atomic E-state index is 11.5. The molecule has 1 aromatic rings. The van der Waals surface area contributed by atoms with Crippen molar-refractivity contribution in [3.05, 3.63) is 27.3 Å². The standard InChI is InChI=1S/C11H14INO3/c1-7(2)6-16-13-11(15)8-3-4-9(12)10(14)5-8/h3-5,7,14H,6H2,1-2H3,(H,13,15). The van der Waals surface area contributed by atoms with Gasteiger partial charge in [-0.3, -0.25) is 9.63 Å². The van der Waals surface area contributed by atoms with Gasteiger partial charge in [0.1, 0.15) is 5.75 Å². The molecule has 0 aliphatic carbocycles. The zero-order valence-corrected chi connectivity index (χ0v) is 11.3. The zero-order chi connectivity index (χ0) is 12.1. The summed E-state index contributed by atoms with van der Waals surface area (Å²) in [6.45, 7) is 4.44. The van der Waals surface area contributed by atoms with Gasteiger partial charge < -0.3 is 5.11 Å². The van der Waals surface area contributed by atoms with E-state index < -0.39 is 0 Å². The third-order valence-corrected chi connectivity index (χ3v) is 2.70. The summed E-state index contributed by atoms with van der Waals surface area (Å²) in [5.74, 6) is 0.0925. The number of carbonyl (C=O) groups is 1. The minimum Gasteiger partial charge on any atom is -0.507 e. The molecule has 0 aliphatic heterocycles. The van der Waals surface area contributed by atoms with Crippen LogP contribution in [-0.2, 0) is 4.84 Å². The molecule has 0 fully saturated rings. The summed E-state index contributed by atoms with van der Waals surface area (Å²) in [6, 6.07) is 4.72. The Morgan fingerprint density at radius 3 is 2.81 bits per heavy atom. The van der Waals surface area contributed by atoms with Gasteiger partial charge in [0.15, 0.2) is 0 Å². The smallest absolute Gasteiger partial charge is 0.274 e. The molecular formula is C11H14INO3. The molecule has 1 amide bonds. The summed E-state index contributed by atoms with van der Waals surface area (Å²) in [5, 5.41) is 9.43. The second-order valence-corrected chi connectivity index (χ2v) is 4.96. The van der Waals surface area contributed by atoms with Crippen molar-refractivity contribution >= 4 is 28.5 Å². The van der Waals surface area contributed by atoms with Crippen molar-refractivity contribution in [3.63, 3.8) is 0 Å². The van der Waals surface area contributed by atoms with Crippen molar-refractivity contribution in [2.45, 2.75) is 13.8 Å². The van der Waals surface area contributed by atoms with Crippen LogP contribution in [0, 0.1) is 9.49 Å². The highest BCUT2D eigenvalue weighted by Crippen LogP contribution is 2.20. The molecular weight excluding hydrogens is 321 g/mol. The van der Waals surface area contributed by atoms with E-state index >= 15 is 0 Å². The lowest BCUT2D eigenvalue weighted by Crippen LogP contribution is -2.25. The molecule has 5 heteroatoms. The first-order valence-electron chi connectivity index (χ1n) is 4.91. The predicted octanol–water partition coefficient (Wildman–Crippen LogP) is 2.31. The van der Waals surface area contributed by atoms with Crippen molar-refractivity contribution < 1.29 is 14.7 Å². The average molecular weight is 335 g/mol. The van der Waals surface area contributed by atoms with E-state index in [1.807, 2.05) is 36.4 Å². The van der Waals surface area contributed by atoms with E-state index in [2.05, 4.69) is 5.48 Å². The molecule has 0 heterocycles. The van der Waals surface area contributed by atoms with Crippen LogP contribution in [0.3, 0.4) is 0 Å². The molecule has 0 spiro atoms. The number of halogens is 1. The van der Waals surface area contributed by atoms with E-state index in [-0.39, 0.29) is 11.7 Å². The molecule has 1 rings (SSSR count). The molecule has 0 aromatic heterocycles. The zero-order valence-electron chi connectivity index (χ0n) is 9.16. The van der Waals surface area contributed by atoms with E-state index in [4.69, 9.17) is 4.84 Å². The third kappa shape index (κ3) is 3.97. The molecule has 2 N–H and O–H groups in total. The number of aromatic hydroxyl groups is 1. The lowest BCUT2D eigenvalue weighted by Gasteiger charge is -2.08. The van der Waals surface area contributed by atoms with E-state index in [1.165, 1.54) is 6.07 Å². The van der Waals surface area contributed by atoms with Gasteiger partial charge >= 0.3 is 0 Å². The first-order chi connectivity index (χ1) is 7.50. The van der Waals surface area contributed by atoms with Crippen LogP contribution in [0.1, 0.15) is 24.2 Å². The number of hydrogen-bond acceptors (Lipinski definition) is 3. The van der Waals surface area contributed by atoms with Crippen LogP contribution in [-0.4, -0.2) is 17.6 Å². The summed E-state index contributed by atoms with van der Waals surface area (Å²) in [5.41, 5.74) is 2.70. The number of benzene rings is 1. The quantitative estimate of drug-likeness (QED) is 0.656. The van der Waals surface area contributed by atoms with Gasteiger partial charge in [-0.2, -0.15) is 0 Å². The molecule has 0 atom stereocenters. The fraction of sp³-hybridized carbons (Fsp3) is 0.364. The SMILES string of the molecule is CC(C)CONC(=O)c1ccc(I)c(O)c1. The van der Waals surface area contributed by atoms with Crippen LogP contribution in [0.4, 0.5) is 0 Å². The lowest BCUT2D eigenvalue weighted by molar-refractivity contribution is 0.0208. The largest absolute Gasteiger partial charge is 0.507 e. The second kappa shape index (κ2) is 6.05. The van der Waals surface area contributed by atoms with Crippen LogP contribution in [0.25, 0.3) is 0 Å². The maximum Gasteiger partial charge on any atom is 0.274 e. The van der Waals surface area contributed by atoms with E-state index in [9.17, 15) is 9.90 Å². The molecule has 0 aliphatic rings. The maximum absolute atomic E-state index is 11.5. The molecule has 4 nitrogen and oxygen atoms in total. The Labute approximate surface area is 108 Å². The fourth-order valence-corrected chi connectivity index (χ4v) is 1.32. The molecule has 0 saturated heterocycles. The molecule has 0 radical (unpaired) electrons. The number of nitrogens with one attached hydrogen (secondary N) is 1. The van der Waals surface area contributed by atoms with Crippen molar-refractivity contribution in [3.8, 4) is 5.75 Å². The highest BCUT2D eigenvalue weighted by Gasteiger charge is 2.08. The molecule has 0 unspecified atom stereocenters. The Hall–Kier alpha value is -0.820. The Kier molecular flexibility index (Phi) is 5.01. The first kappa shape index (κ1) is 13.2. The van der Waals surface area contributed by atoms with Gasteiger partial charge in [-0.05, 0) is 46.7 Å². The predicted molar refractivity (Wildman–Crippen MR) is 69.1 cm³/mol. The van der Waals surface area contributed by atoms with E-state index in [0.717, 1.165) is 0 Å². The summed E-state index contributed by atoms with van der Waals surface area (Å²) < 4.78 is 0.706. The second-order valence-electron chi connectivity index (χ2n) is 3.80. The number of amides is 1. The minimum absolute atomic E-state index is 0.0945. The summed E-state index contributed by atoms with van der Waals surface area (Å²) >= 11 is 1.99. The Balaban J connectivity index is 2.56. The first-order valence-corrected chi connectivity index (χ1v) is 5.99. The molecule has 16 heavy (non-hydrogen) atoms. The number of carbonyl (C=O) groups excluding carboxylic acids is 1. The Morgan fingerprint density at radius 1 is 1.56 bits per heavy atom. The van der Waals surface area contributed by atoms with Gasteiger partial charge in [-0.15, -0.1) is 0 Å². The normalized spacial score (nSPS) is 10.5. The van der Waals surface area contributed by atoms with E-state index in [0.29, 0.717) is 21.7 Å². The van der Waals surface area contributed by atoms with Crippen LogP contribution < -0.4 is 5.48 Å². The van der Waals surface area contributed by atoms with Gasteiger partial charge in [0.25, 0.3) is 5.91 Å². The van der Waals surface area contributed by atoms with Crippen LogP contribution >= 0.6 is 22.6 Å². The summed E-state index contributed by atoms with van der Waals surface area (Å²) in [4.78, 5) is 16.5. The van der Waals surface area contributed by atoms with Crippen molar-refractivity contribution in [2.24, 2.45) is 5.92 Å². The van der Waals surface area contributed by atoms with Crippen LogP contribution in [0.2, 0.25) is 0 Å². The van der Waals surface area contributed by atoms with Gasteiger partial charge in [-0.1, -0.05) is 13.8 Å². The van der Waals surface area contributed by atoms with Gasteiger partial charge in [0, 0.05) is 5.56 Å². The fourth-order valence-electron chi connectivity index (χ4n) is 0.987. The van der Waals surface area contributed by atoms with Crippen molar-refractivity contribution in [2.75, 3.05) is 6.61 Å². The molecule has 0 bridgehead atoms. The molecule has 1 aromatic carbocycles. The van der Waals surface area contributed by atoms with Crippen LogP contribution in [0.15, 0.2) is 18.2 Å². The number of phenols is 1. The molecule has 0 saturated carbocycles. The van der Waals surface area contributed by atoms with Crippen molar-refractivity contribution in [1.29, 1.82) is 0 Å². The van der Waals surface area contributed by atoms with E-state index in [1.54, 1.807) is 12.1 Å². The van der Waals surface area contributed by atoms with Crippen LogP contribution in [0.5, 0.6) is 5.75 Å². The molecule has 88 valence electrons. The topological polar surface area (TPSA) is 58.6 Å². The Bertz CT molecular complexity index is 379. The number of hydroxylamine groups is 1. The summed E-state index contributed by atoms with van der Waals surface area (Å²) in [7, 11) is 0. The van der Waals surface area contributed by atoms with Gasteiger partial charge in [0.05, 0.1) is 10.2 Å². The lowest BCUT2D eigenvalue weighted by atomic mass is 10.2. The average Bonchev–Trinajstić information content (AvgIpc) is 2.21. The highest BCUT2D eigenvalue weighted by atomic mass is 127. The summed E-state index contributed by atoms with van der Waals surface area (Å²) in [6.07, 6.45) is 0. The Morgan fingerprint density at radius 2 is 2.25 bits per heavy atom. The van der Waals surface area contributed by atoms with Gasteiger partial charge in [-0.25, -0.2) is 5.48 Å².